The van der Waals surface area contributed by atoms with Crippen LogP contribution < -0.4 is 14.5 Å². The molecule has 3 aliphatic heterocycles. The number of benzene rings is 3. The standard InChI is InChI=1S/C41H46BrN3O6/c1-6-21-43(29-17-19-31(20-18-29)50-8-3)38(47)33-34-39(48)45(30(25-46)23-28-15-10-9-11-16-28)37(41(34)24-32(42)36(33)51-41)40(49)44(22-7-2)35-26(4)13-12-14-27(35)5/h6-7,9-20,30,32-34,36-37,46H,1-2,8,21-25H2,3-5H3/t30-,32?,33+,34+,36+,37?,41?/m1/s1. The Kier molecular flexibility index (Phi) is 10.9. The lowest BCUT2D eigenvalue weighted by Gasteiger charge is -2.40. The third-order valence-corrected chi connectivity index (χ3v) is 11.3. The van der Waals surface area contributed by atoms with Crippen LogP contribution in [0.5, 0.6) is 5.75 Å². The van der Waals surface area contributed by atoms with Crippen LogP contribution in [0.15, 0.2) is 98.1 Å². The number of fused-ring (bicyclic) bond motifs is 1. The van der Waals surface area contributed by atoms with E-state index in [1.54, 1.807) is 26.9 Å². The Morgan fingerprint density at radius 3 is 2.25 bits per heavy atom. The van der Waals surface area contributed by atoms with Gasteiger partial charge in [-0.3, -0.25) is 14.4 Å². The molecule has 51 heavy (non-hydrogen) atoms. The number of ether oxygens (including phenoxy) is 2. The Hall–Kier alpha value is -4.25. The van der Waals surface area contributed by atoms with E-state index in [2.05, 4.69) is 29.1 Å². The van der Waals surface area contributed by atoms with Gasteiger partial charge in [-0.2, -0.15) is 0 Å². The first kappa shape index (κ1) is 36.5. The van der Waals surface area contributed by atoms with Crippen molar-refractivity contribution in [1.82, 2.24) is 4.90 Å². The van der Waals surface area contributed by atoms with Crippen molar-refractivity contribution in [3.05, 3.63) is 115 Å². The molecule has 1 spiro atoms. The number of hydrogen-bond donors (Lipinski definition) is 1. The molecule has 0 radical (unpaired) electrons. The third-order valence-electron chi connectivity index (χ3n) is 10.5. The lowest BCUT2D eigenvalue weighted by Crippen LogP contribution is -2.59. The Balaban J connectivity index is 1.47. The summed E-state index contributed by atoms with van der Waals surface area (Å²) in [5.74, 6) is -2.17. The van der Waals surface area contributed by atoms with E-state index in [1.807, 2.05) is 93.6 Å². The van der Waals surface area contributed by atoms with Crippen molar-refractivity contribution in [1.29, 1.82) is 0 Å². The van der Waals surface area contributed by atoms with Gasteiger partial charge < -0.3 is 29.3 Å². The molecule has 10 heteroatoms. The van der Waals surface area contributed by atoms with Crippen molar-refractivity contribution in [3.8, 4) is 5.75 Å². The van der Waals surface area contributed by atoms with Crippen LogP contribution in [0.1, 0.15) is 30.0 Å². The number of rotatable bonds is 14. The van der Waals surface area contributed by atoms with Crippen molar-refractivity contribution in [2.75, 3.05) is 36.1 Å². The fourth-order valence-corrected chi connectivity index (χ4v) is 9.42. The van der Waals surface area contributed by atoms with E-state index in [1.165, 1.54) is 0 Å². The maximum absolute atomic E-state index is 15.3. The average molecular weight is 757 g/mol. The van der Waals surface area contributed by atoms with Crippen LogP contribution in [0.4, 0.5) is 11.4 Å². The topological polar surface area (TPSA) is 99.6 Å². The Labute approximate surface area is 308 Å². The lowest BCUT2D eigenvalue weighted by molar-refractivity contribution is -0.144. The van der Waals surface area contributed by atoms with Gasteiger partial charge in [-0.05, 0) is 74.6 Å². The first-order valence-corrected chi connectivity index (χ1v) is 18.5. The van der Waals surface area contributed by atoms with Gasteiger partial charge in [0.25, 0.3) is 5.91 Å². The summed E-state index contributed by atoms with van der Waals surface area (Å²) in [5, 5.41) is 11.0. The van der Waals surface area contributed by atoms with E-state index in [9.17, 15) is 9.90 Å². The van der Waals surface area contributed by atoms with Crippen molar-refractivity contribution >= 4 is 45.0 Å². The van der Waals surface area contributed by atoms with Crippen LogP contribution >= 0.6 is 15.9 Å². The maximum atomic E-state index is 15.3. The van der Waals surface area contributed by atoms with Gasteiger partial charge in [0.2, 0.25) is 11.8 Å². The second-order valence-electron chi connectivity index (χ2n) is 13.6. The number of likely N-dealkylation sites (tertiary alicyclic amines) is 1. The number of anilines is 2. The predicted octanol–water partition coefficient (Wildman–Crippen LogP) is 5.79. The quantitative estimate of drug-likeness (QED) is 0.165. The van der Waals surface area contributed by atoms with Crippen molar-refractivity contribution in [2.24, 2.45) is 11.8 Å². The predicted molar refractivity (Wildman–Crippen MR) is 202 cm³/mol. The van der Waals surface area contributed by atoms with Crippen LogP contribution in [0.2, 0.25) is 0 Å². The molecular formula is C41H46BrN3O6. The third kappa shape index (κ3) is 6.42. The molecule has 1 N–H and O–H groups in total. The van der Waals surface area contributed by atoms with Crippen LogP contribution in [-0.2, 0) is 25.5 Å². The summed E-state index contributed by atoms with van der Waals surface area (Å²) in [6.07, 6.45) is 3.32. The molecule has 3 aromatic rings. The molecule has 3 aliphatic rings. The van der Waals surface area contributed by atoms with Crippen LogP contribution in [-0.4, -0.2) is 82.6 Å². The van der Waals surface area contributed by atoms with Crippen LogP contribution in [0, 0.1) is 25.7 Å². The molecular weight excluding hydrogens is 710 g/mol. The van der Waals surface area contributed by atoms with E-state index in [4.69, 9.17) is 9.47 Å². The number of aryl methyl sites for hydroxylation is 2. The number of alkyl halides is 1. The number of aliphatic hydroxyl groups is 1. The average Bonchev–Trinajstić information content (AvgIpc) is 3.72. The zero-order chi connectivity index (χ0) is 36.4. The van der Waals surface area contributed by atoms with Crippen molar-refractivity contribution in [2.45, 2.75) is 62.2 Å². The van der Waals surface area contributed by atoms with E-state index >= 15 is 9.59 Å². The molecule has 3 fully saturated rings. The van der Waals surface area contributed by atoms with Gasteiger partial charge in [0.15, 0.2) is 0 Å². The van der Waals surface area contributed by atoms with E-state index < -0.39 is 35.6 Å². The number of amides is 3. The summed E-state index contributed by atoms with van der Waals surface area (Å²) >= 11 is 3.81. The zero-order valence-corrected chi connectivity index (χ0v) is 31.0. The molecule has 0 aliphatic carbocycles. The smallest absolute Gasteiger partial charge is 0.253 e. The molecule has 3 unspecified atom stereocenters. The van der Waals surface area contributed by atoms with Crippen LogP contribution in [0.3, 0.4) is 0 Å². The highest BCUT2D eigenvalue weighted by Crippen LogP contribution is 2.61. The highest BCUT2D eigenvalue weighted by molar-refractivity contribution is 9.09. The van der Waals surface area contributed by atoms with Crippen molar-refractivity contribution in [3.63, 3.8) is 0 Å². The lowest BCUT2D eigenvalue weighted by atomic mass is 9.70. The van der Waals surface area contributed by atoms with Gasteiger partial charge in [0.1, 0.15) is 17.4 Å². The molecule has 7 atom stereocenters. The van der Waals surface area contributed by atoms with Gasteiger partial charge in [0.05, 0.1) is 37.2 Å². The number of aliphatic hydroxyl groups excluding tert-OH is 1. The van der Waals surface area contributed by atoms with Gasteiger partial charge >= 0.3 is 0 Å². The molecule has 0 aromatic heterocycles. The summed E-state index contributed by atoms with van der Waals surface area (Å²) in [6.45, 7) is 14.2. The Morgan fingerprint density at radius 2 is 1.65 bits per heavy atom. The van der Waals surface area contributed by atoms with E-state index in [0.29, 0.717) is 30.9 Å². The number of hydrogen-bond acceptors (Lipinski definition) is 6. The minimum absolute atomic E-state index is 0.195. The zero-order valence-electron chi connectivity index (χ0n) is 29.4. The number of nitrogens with zero attached hydrogens (tertiary/aromatic N) is 3. The normalized spacial score (nSPS) is 25.3. The van der Waals surface area contributed by atoms with Gasteiger partial charge in [-0.1, -0.05) is 76.6 Å². The maximum Gasteiger partial charge on any atom is 0.253 e. The minimum Gasteiger partial charge on any atom is -0.494 e. The number of carbonyl (C=O) groups is 3. The Bertz CT molecular complexity index is 1760. The van der Waals surface area contributed by atoms with Gasteiger partial charge in [0, 0.05) is 29.3 Å². The molecule has 3 amide bonds. The highest BCUT2D eigenvalue weighted by Gasteiger charge is 2.77. The molecule has 3 saturated heterocycles. The SMILES string of the molecule is C=CCN(C(=O)[C@H]1[C@H]2C(=O)N([C@@H](CO)Cc3ccccc3)C(C(=O)N(CC=C)c3c(C)cccc3C)C23CC(Br)[C@@H]1O3)c1ccc(OCC)cc1. The van der Waals surface area contributed by atoms with Crippen LogP contribution in [0.25, 0.3) is 0 Å². The largest absolute Gasteiger partial charge is 0.494 e. The second kappa shape index (κ2) is 15.2. The summed E-state index contributed by atoms with van der Waals surface area (Å²) in [7, 11) is 0. The summed E-state index contributed by atoms with van der Waals surface area (Å²) in [6, 6.07) is 20.8. The molecule has 6 rings (SSSR count). The van der Waals surface area contributed by atoms with E-state index in [0.717, 1.165) is 22.4 Å². The number of carbonyl (C=O) groups excluding carboxylic acids is 3. The summed E-state index contributed by atoms with van der Waals surface area (Å²) in [4.78, 5) is 49.8. The molecule has 3 aromatic carbocycles. The molecule has 9 nitrogen and oxygen atoms in total. The molecule has 0 saturated carbocycles. The molecule has 2 bridgehead atoms. The number of para-hydroxylation sites is 1. The highest BCUT2D eigenvalue weighted by atomic mass is 79.9. The Morgan fingerprint density at radius 1 is 1.00 bits per heavy atom. The molecule has 3 heterocycles. The minimum atomic E-state index is -1.33. The molecule has 268 valence electrons. The summed E-state index contributed by atoms with van der Waals surface area (Å²) in [5.41, 5.74) is 2.75. The second-order valence-corrected chi connectivity index (χ2v) is 14.8. The number of halogens is 1. The van der Waals surface area contributed by atoms with Gasteiger partial charge in [-0.25, -0.2) is 0 Å². The van der Waals surface area contributed by atoms with E-state index in [-0.39, 0.29) is 42.2 Å². The first-order valence-electron chi connectivity index (χ1n) is 17.5. The monoisotopic (exact) mass is 755 g/mol. The fourth-order valence-electron chi connectivity index (χ4n) is 8.48. The van der Waals surface area contributed by atoms with Crippen molar-refractivity contribution < 1.29 is 29.0 Å². The summed E-state index contributed by atoms with van der Waals surface area (Å²) < 4.78 is 12.5. The fraction of sp³-hybridized carbons (Fsp3) is 0.390. The first-order chi connectivity index (χ1) is 24.6. The van der Waals surface area contributed by atoms with Gasteiger partial charge in [-0.15, -0.1) is 13.2 Å².